The third kappa shape index (κ3) is 19.7. The summed E-state index contributed by atoms with van der Waals surface area (Å²) >= 11 is 1.62. The molecule has 0 aliphatic heterocycles. The Kier molecular flexibility index (Phi) is 27.9. The van der Waals surface area contributed by atoms with Crippen LogP contribution in [0.5, 0.6) is 17.2 Å². The van der Waals surface area contributed by atoms with Crippen molar-refractivity contribution >= 4 is 21.6 Å². The van der Waals surface area contributed by atoms with Gasteiger partial charge in [-0.25, -0.2) is 20.1 Å². The molecule has 0 spiro atoms. The maximum atomic E-state index is 10.2. The maximum Gasteiger partial charge on any atom is 0.229 e. The summed E-state index contributed by atoms with van der Waals surface area (Å²) in [4.78, 5) is 22.0. The van der Waals surface area contributed by atoms with Gasteiger partial charge in [0, 0.05) is 122 Å². The zero-order valence-corrected chi connectivity index (χ0v) is 56.4. The summed E-state index contributed by atoms with van der Waals surface area (Å²) < 4.78 is 10.5. The Bertz CT molecular complexity index is 3380. The number of pyridine rings is 1. The number of imidazole rings is 1. The molecule has 4 radical (unpaired) electrons. The van der Waals surface area contributed by atoms with E-state index >= 15 is 0 Å². The van der Waals surface area contributed by atoms with Gasteiger partial charge in [0.1, 0.15) is 33.8 Å². The Morgan fingerprint density at radius 1 is 0.650 bits per heavy atom. The number of oxazole rings is 1. The van der Waals surface area contributed by atoms with E-state index in [0.717, 1.165) is 93.1 Å². The summed E-state index contributed by atoms with van der Waals surface area (Å²) in [6, 6.07) is 44.2. The van der Waals surface area contributed by atoms with E-state index in [4.69, 9.17) is 9.40 Å². The number of phenolic OH excluding ortho intramolecular Hbond substituents is 3. The molecule has 5 aromatic heterocycles. The number of benzene rings is 5. The molecule has 0 aliphatic rings. The smallest absolute Gasteiger partial charge is 0.229 e. The summed E-state index contributed by atoms with van der Waals surface area (Å²) in [7, 11) is 0. The molecule has 0 fully saturated rings. The number of aromatic hydroxyl groups is 3. The first kappa shape index (κ1) is 68.9. The Morgan fingerprint density at radius 2 is 1.26 bits per heavy atom. The van der Waals surface area contributed by atoms with E-state index in [1.807, 2.05) is 91.1 Å². The van der Waals surface area contributed by atoms with Gasteiger partial charge in [0.2, 0.25) is 5.89 Å². The maximum absolute atomic E-state index is 10.2. The SMILES string of the molecule is CC(C)(C)Cc1ccc(O)c(-c2nc3ccccc3s2)c1.CC(C)(C)Cc1cnc(-c2ccccc2O)o1.CCC(C)c1n[c-]n(-c2ccccn2)n1.CCCC(C)c1nc(-c2ccccc2O)cn1-c1ccccc1.[Ir].[Ir].[Ir].[Rh]. The number of hydrogen-bond donors (Lipinski definition) is 3. The third-order valence-corrected chi connectivity index (χ3v) is 13.3. The van der Waals surface area contributed by atoms with Crippen molar-refractivity contribution in [1.82, 2.24) is 39.3 Å². The molecule has 2 unspecified atom stereocenters. The molecule has 3 N–H and O–H groups in total. The fraction of sp³-hybridized carbons (Fsp3) is 0.302. The number of rotatable bonds is 12. The molecular weight excluding hydrogens is 1640 g/mol. The van der Waals surface area contributed by atoms with Crippen molar-refractivity contribution < 1.29 is 99.5 Å². The number of hydrogen-bond acceptors (Lipinski definition) is 11. The van der Waals surface area contributed by atoms with E-state index in [-0.39, 0.29) is 102 Å². The van der Waals surface area contributed by atoms with Crippen LogP contribution >= 0.6 is 11.3 Å². The Hall–Kier alpha value is -5.33. The van der Waals surface area contributed by atoms with Gasteiger partial charge in [0.15, 0.2) is 0 Å². The molecule has 0 bridgehead atoms. The molecule has 0 aliphatic carbocycles. The molecule has 5 aromatic carbocycles. The van der Waals surface area contributed by atoms with Gasteiger partial charge in [-0.2, -0.15) is 0 Å². The Balaban J connectivity index is 0.000000279. The predicted molar refractivity (Wildman–Crippen MR) is 307 cm³/mol. The molecule has 10 rings (SSSR count). The van der Waals surface area contributed by atoms with E-state index in [9.17, 15) is 15.3 Å². The molecule has 0 amide bonds. The Morgan fingerprint density at radius 3 is 1.88 bits per heavy atom. The molecule has 0 saturated carbocycles. The zero-order chi connectivity index (χ0) is 54.4. The second kappa shape index (κ2) is 32.3. The monoisotopic (exact) mass is 1720 g/mol. The summed E-state index contributed by atoms with van der Waals surface area (Å²) in [5, 5.41) is 35.2. The van der Waals surface area contributed by atoms with Crippen molar-refractivity contribution in [2.45, 2.75) is 113 Å². The predicted octanol–water partition coefficient (Wildman–Crippen LogP) is 16.0. The number of aromatic nitrogens is 8. The van der Waals surface area contributed by atoms with Crippen LogP contribution < -0.4 is 0 Å². The van der Waals surface area contributed by atoms with Gasteiger partial charge < -0.3 is 39.0 Å². The van der Waals surface area contributed by atoms with Gasteiger partial charge in [-0.05, 0) is 102 Å². The van der Waals surface area contributed by atoms with Crippen LogP contribution in [0.2, 0.25) is 0 Å². The summed E-state index contributed by atoms with van der Waals surface area (Å²) in [6.45, 7) is 21.7. The van der Waals surface area contributed by atoms with Crippen LogP contribution in [0.1, 0.15) is 123 Å². The van der Waals surface area contributed by atoms with E-state index in [0.29, 0.717) is 29.0 Å². The van der Waals surface area contributed by atoms with Gasteiger partial charge in [0.25, 0.3) is 0 Å². The molecule has 80 heavy (non-hydrogen) atoms. The van der Waals surface area contributed by atoms with E-state index in [1.54, 1.807) is 58.7 Å². The number of phenols is 3. The van der Waals surface area contributed by atoms with E-state index in [1.165, 1.54) is 5.56 Å². The summed E-state index contributed by atoms with van der Waals surface area (Å²) in [5.41, 5.74) is 6.74. The normalized spacial score (nSPS) is 11.5. The molecule has 5 heterocycles. The second-order valence-electron chi connectivity index (χ2n) is 21.3. The van der Waals surface area contributed by atoms with Gasteiger partial charge in [-0.15, -0.1) is 11.3 Å². The molecule has 2 atom stereocenters. The molecule has 430 valence electrons. The fourth-order valence-corrected chi connectivity index (χ4v) is 9.28. The average molecular weight is 1720 g/mol. The van der Waals surface area contributed by atoms with Crippen LogP contribution in [0.25, 0.3) is 55.0 Å². The minimum atomic E-state index is 0. The van der Waals surface area contributed by atoms with E-state index in [2.05, 4.69) is 129 Å². The zero-order valence-electron chi connectivity index (χ0n) is 46.8. The molecule has 10 aromatic rings. The minimum absolute atomic E-state index is 0. The summed E-state index contributed by atoms with van der Waals surface area (Å²) in [5.74, 6) is 5.41. The first-order valence-electron chi connectivity index (χ1n) is 26.0. The van der Waals surface area contributed by atoms with Gasteiger partial charge in [0.05, 0.1) is 44.9 Å². The topological polar surface area (TPSA) is 161 Å². The van der Waals surface area contributed by atoms with Crippen molar-refractivity contribution in [3.05, 3.63) is 187 Å². The van der Waals surface area contributed by atoms with Crippen LogP contribution in [0.4, 0.5) is 0 Å². The average Bonchev–Trinajstić information content (AvgIpc) is 4.25. The van der Waals surface area contributed by atoms with Crippen LogP contribution in [-0.2, 0) is 92.6 Å². The van der Waals surface area contributed by atoms with Crippen molar-refractivity contribution in [2.24, 2.45) is 10.8 Å². The number of fused-ring (bicyclic) bond motifs is 1. The third-order valence-electron chi connectivity index (χ3n) is 12.2. The van der Waals surface area contributed by atoms with Gasteiger partial charge >= 0.3 is 0 Å². The van der Waals surface area contributed by atoms with E-state index < -0.39 is 0 Å². The number of nitrogens with zero attached hydrogens (tertiary/aromatic N) is 8. The van der Waals surface area contributed by atoms with Gasteiger partial charge in [-0.1, -0.05) is 155 Å². The molecule has 0 saturated heterocycles. The second-order valence-corrected chi connectivity index (χ2v) is 22.4. The number of para-hydroxylation sites is 4. The number of thiazole rings is 1. The van der Waals surface area contributed by atoms with Crippen LogP contribution in [0.3, 0.4) is 0 Å². The largest absolute Gasteiger partial charge is 0.507 e. The van der Waals surface area contributed by atoms with Gasteiger partial charge in [-0.3, -0.25) is 0 Å². The molecular formula is C63H71Ir3N8O4RhS-. The minimum Gasteiger partial charge on any atom is -0.507 e. The standard InChI is InChI=1S/C20H22N2O.C18H19NOS.C14H17NO2.C11H13N4.3Ir.Rh/c1-3-9-15(2)20-21-18(17-12-7-8-13-19(17)23)14-22(20)16-10-5-4-6-11-16;1-18(2,3)11-12-8-9-15(20)13(10-12)17-19-14-6-4-5-7-16(14)21-17;1-14(2,3)8-10-9-15-13(17-10)11-6-4-5-7-12(11)16;1-3-9(2)11-13-8-15(14-11)10-6-4-5-7-12-10;;;;/h4-8,10-15,23H,3,9H2,1-2H3;4-10,20H,11H2,1-3H3;4-7,9,16H,8H2,1-3H3;4-7,9H,3H2,1-2H3;;;;/q;;;-1;;;;. The quantitative estimate of drug-likeness (QED) is 0.0793. The molecule has 17 heteroatoms. The van der Waals surface area contributed by atoms with Crippen LogP contribution in [0.15, 0.2) is 163 Å². The Labute approximate surface area is 529 Å². The van der Waals surface area contributed by atoms with Crippen LogP contribution in [0, 0.1) is 17.2 Å². The molecule has 12 nitrogen and oxygen atoms in total. The van der Waals surface area contributed by atoms with Crippen molar-refractivity contribution in [1.29, 1.82) is 0 Å². The fourth-order valence-electron chi connectivity index (χ4n) is 8.29. The van der Waals surface area contributed by atoms with Crippen molar-refractivity contribution in [3.8, 4) is 62.0 Å². The first-order chi connectivity index (χ1) is 36.4. The van der Waals surface area contributed by atoms with Crippen molar-refractivity contribution in [3.63, 3.8) is 0 Å². The van der Waals surface area contributed by atoms with Crippen molar-refractivity contribution in [2.75, 3.05) is 0 Å². The van der Waals surface area contributed by atoms with Crippen LogP contribution in [-0.4, -0.2) is 54.6 Å². The summed E-state index contributed by atoms with van der Waals surface area (Å²) in [6.07, 6.45) is 13.3. The first-order valence-corrected chi connectivity index (χ1v) is 26.8.